The molecule has 0 saturated carbocycles. The topological polar surface area (TPSA) is 67.6 Å². The molecule has 1 aliphatic rings. The Morgan fingerprint density at radius 1 is 1.39 bits per heavy atom. The maximum atomic E-state index is 12.3. The molecular weight excluding hydrogens is 414 g/mol. The van der Waals surface area contributed by atoms with Gasteiger partial charge in [-0.3, -0.25) is 9.69 Å². The van der Waals surface area contributed by atoms with Gasteiger partial charge in [-0.25, -0.2) is 0 Å². The summed E-state index contributed by atoms with van der Waals surface area (Å²) in [5.41, 5.74) is 0.395. The van der Waals surface area contributed by atoms with E-state index in [0.29, 0.717) is 29.7 Å². The molecule has 1 fully saturated rings. The molecule has 9 heteroatoms. The molecule has 3 rings (SSSR count). The minimum atomic E-state index is -0.722. The Morgan fingerprint density at radius 2 is 2.14 bits per heavy atom. The highest BCUT2D eigenvalue weighted by atomic mass is 35.5. The van der Waals surface area contributed by atoms with Crippen molar-refractivity contribution in [1.29, 1.82) is 0 Å². The second kappa shape index (κ2) is 8.28. The van der Waals surface area contributed by atoms with Crippen molar-refractivity contribution in [3.05, 3.63) is 28.2 Å². The number of amides is 1. The largest absolute Gasteiger partial charge is 0.416 e. The number of aromatic nitrogens is 1. The minimum Gasteiger partial charge on any atom is -0.416 e. The molecule has 0 aromatic carbocycles. The summed E-state index contributed by atoms with van der Waals surface area (Å²) < 4.78 is 12.5. The molecule has 2 aromatic rings. The molecule has 154 valence electrons. The average Bonchev–Trinajstić information content (AvgIpc) is 3.21. The van der Waals surface area contributed by atoms with Gasteiger partial charge in [0.05, 0.1) is 33.1 Å². The highest BCUT2D eigenvalue weighted by Crippen LogP contribution is 2.32. The van der Waals surface area contributed by atoms with E-state index in [0.717, 1.165) is 10.6 Å². The van der Waals surface area contributed by atoms with Crippen molar-refractivity contribution in [3.8, 4) is 10.6 Å². The van der Waals surface area contributed by atoms with Gasteiger partial charge in [-0.2, -0.15) is 0 Å². The fraction of sp³-hybridized carbons (Fsp3) is 0.579. The molecule has 2 aromatic heterocycles. The highest BCUT2D eigenvalue weighted by Gasteiger charge is 2.37. The number of hydrogen-bond acceptors (Lipinski definition) is 6. The lowest BCUT2D eigenvalue weighted by atomic mass is 9.96. The zero-order chi connectivity index (χ0) is 20.5. The second-order valence-electron chi connectivity index (χ2n) is 9.03. The van der Waals surface area contributed by atoms with Gasteiger partial charge in [0.25, 0.3) is 0 Å². The van der Waals surface area contributed by atoms with Crippen LogP contribution in [0.3, 0.4) is 0 Å². The van der Waals surface area contributed by atoms with Gasteiger partial charge in [0.2, 0.25) is 5.91 Å². The van der Waals surface area contributed by atoms with E-state index < -0.39 is 15.4 Å². The summed E-state index contributed by atoms with van der Waals surface area (Å²) >= 11 is 7.45. The molecule has 0 radical (unpaired) electrons. The van der Waals surface area contributed by atoms with Crippen molar-refractivity contribution in [2.75, 3.05) is 13.1 Å². The molecule has 0 unspecified atom stereocenters. The van der Waals surface area contributed by atoms with Crippen molar-refractivity contribution in [3.63, 3.8) is 0 Å². The smallest absolute Gasteiger partial charge is 0.234 e. The van der Waals surface area contributed by atoms with Crippen LogP contribution in [0.25, 0.3) is 10.6 Å². The summed E-state index contributed by atoms with van der Waals surface area (Å²) in [6.07, 6.45) is 0. The van der Waals surface area contributed by atoms with Crippen LogP contribution in [0.1, 0.15) is 40.3 Å². The van der Waals surface area contributed by atoms with Crippen LogP contribution < -0.4 is 5.32 Å². The predicted octanol–water partition coefficient (Wildman–Crippen LogP) is 3.45. The number of hydrogen-bond donors (Lipinski definition) is 1. The number of carbonyl (C=O) groups excluding carboxylic acids is 1. The normalized spacial score (nSPS) is 19.5. The summed E-state index contributed by atoms with van der Waals surface area (Å²) in [6, 6.07) is 5.61. The molecule has 1 atom stereocenters. The first-order valence-corrected chi connectivity index (χ1v) is 11.9. The standard InChI is InChI=1S/C19H28ClN3O3SSi/c1-18(2,3)28-26-19(4,5)15-10-23(11-17(24)21-15)9-12-8-13(25-22-12)14-6-7-16(20)27-14/h6-8,15H,9-11,28H2,1-5H3,(H,21,24)/t15-/m1/s1. The Labute approximate surface area is 177 Å². The predicted molar refractivity (Wildman–Crippen MR) is 115 cm³/mol. The molecule has 1 aliphatic heterocycles. The van der Waals surface area contributed by atoms with E-state index in [-0.39, 0.29) is 17.0 Å². The molecule has 1 saturated heterocycles. The zero-order valence-electron chi connectivity index (χ0n) is 17.0. The molecule has 1 amide bonds. The summed E-state index contributed by atoms with van der Waals surface area (Å²) in [6.45, 7) is 12.3. The first-order valence-electron chi connectivity index (χ1n) is 9.39. The molecule has 0 bridgehead atoms. The van der Waals surface area contributed by atoms with Crippen molar-refractivity contribution >= 4 is 38.6 Å². The van der Waals surface area contributed by atoms with Gasteiger partial charge in [-0.15, -0.1) is 11.3 Å². The Morgan fingerprint density at radius 3 is 2.79 bits per heavy atom. The lowest BCUT2D eigenvalue weighted by Crippen LogP contribution is -2.62. The number of carbonyl (C=O) groups is 1. The summed E-state index contributed by atoms with van der Waals surface area (Å²) in [5.74, 6) is 0.712. The van der Waals surface area contributed by atoms with Crippen LogP contribution in [-0.2, 0) is 15.8 Å². The Bertz CT molecular complexity index is 831. The maximum Gasteiger partial charge on any atom is 0.234 e. The van der Waals surface area contributed by atoms with Gasteiger partial charge < -0.3 is 14.3 Å². The highest BCUT2D eigenvalue weighted by molar-refractivity contribution is 7.19. The van der Waals surface area contributed by atoms with E-state index in [2.05, 4.69) is 50.0 Å². The number of nitrogens with zero attached hydrogens (tertiary/aromatic N) is 2. The molecule has 6 nitrogen and oxygen atoms in total. The van der Waals surface area contributed by atoms with Crippen LogP contribution in [0.5, 0.6) is 0 Å². The number of thiophene rings is 1. The first kappa shape index (κ1) is 21.5. The molecule has 3 heterocycles. The quantitative estimate of drug-likeness (QED) is 0.695. The van der Waals surface area contributed by atoms with Crippen LogP contribution in [0, 0.1) is 0 Å². The minimum absolute atomic E-state index is 0.0131. The molecular formula is C19H28ClN3O3SSi. The number of halogens is 1. The van der Waals surface area contributed by atoms with Gasteiger partial charge in [0.1, 0.15) is 0 Å². The van der Waals surface area contributed by atoms with E-state index in [9.17, 15) is 4.79 Å². The Hall–Kier alpha value is -1.19. The van der Waals surface area contributed by atoms with Crippen LogP contribution in [0.4, 0.5) is 0 Å². The van der Waals surface area contributed by atoms with Crippen molar-refractivity contribution in [1.82, 2.24) is 15.4 Å². The third-order valence-electron chi connectivity index (χ3n) is 4.62. The molecule has 0 aliphatic carbocycles. The number of nitrogens with one attached hydrogen (secondary N) is 1. The Balaban J connectivity index is 1.64. The summed E-state index contributed by atoms with van der Waals surface area (Å²) in [5, 5.41) is 7.48. The van der Waals surface area contributed by atoms with Crippen molar-refractivity contribution in [2.24, 2.45) is 0 Å². The Kier molecular flexibility index (Phi) is 6.36. The van der Waals surface area contributed by atoms with Gasteiger partial charge in [0, 0.05) is 19.2 Å². The van der Waals surface area contributed by atoms with E-state index in [1.165, 1.54) is 11.3 Å². The fourth-order valence-electron chi connectivity index (χ4n) is 3.01. The van der Waals surface area contributed by atoms with Crippen LogP contribution in [-0.4, -0.2) is 50.5 Å². The first-order chi connectivity index (χ1) is 13.0. The SMILES string of the molecule is CC(C)(C)[SiH2]OC(C)(C)[C@H]1CN(Cc2cc(-c3ccc(Cl)s3)on2)CC(=O)N1. The van der Waals surface area contributed by atoms with E-state index in [1.807, 2.05) is 18.2 Å². The summed E-state index contributed by atoms with van der Waals surface area (Å²) in [4.78, 5) is 15.3. The van der Waals surface area contributed by atoms with Crippen LogP contribution in [0.2, 0.25) is 9.37 Å². The summed E-state index contributed by atoms with van der Waals surface area (Å²) in [7, 11) is -0.722. The number of rotatable bonds is 6. The lowest BCUT2D eigenvalue weighted by Gasteiger charge is -2.42. The van der Waals surface area contributed by atoms with Gasteiger partial charge in [-0.1, -0.05) is 37.5 Å². The van der Waals surface area contributed by atoms with Crippen molar-refractivity contribution in [2.45, 2.75) is 57.8 Å². The van der Waals surface area contributed by atoms with E-state index >= 15 is 0 Å². The number of piperazine rings is 1. The fourth-order valence-corrected chi connectivity index (χ4v) is 5.00. The average molecular weight is 442 g/mol. The molecule has 1 N–H and O–H groups in total. The molecule has 0 spiro atoms. The van der Waals surface area contributed by atoms with Gasteiger partial charge in [0.15, 0.2) is 15.5 Å². The zero-order valence-corrected chi connectivity index (χ0v) is 20.0. The van der Waals surface area contributed by atoms with E-state index in [1.54, 1.807) is 0 Å². The second-order valence-corrected chi connectivity index (χ2v) is 13.4. The van der Waals surface area contributed by atoms with Gasteiger partial charge >= 0.3 is 0 Å². The van der Waals surface area contributed by atoms with Gasteiger partial charge in [-0.05, 0) is 31.0 Å². The monoisotopic (exact) mass is 441 g/mol. The van der Waals surface area contributed by atoms with Crippen molar-refractivity contribution < 1.29 is 13.7 Å². The maximum absolute atomic E-state index is 12.3. The third kappa shape index (κ3) is 5.67. The lowest BCUT2D eigenvalue weighted by molar-refractivity contribution is -0.128. The van der Waals surface area contributed by atoms with Crippen LogP contribution >= 0.6 is 22.9 Å². The third-order valence-corrected chi connectivity index (χ3v) is 7.62. The van der Waals surface area contributed by atoms with E-state index in [4.69, 9.17) is 20.6 Å². The molecule has 28 heavy (non-hydrogen) atoms. The van der Waals surface area contributed by atoms with Crippen LogP contribution in [0.15, 0.2) is 22.7 Å².